The summed E-state index contributed by atoms with van der Waals surface area (Å²) >= 11 is 0. The minimum absolute atomic E-state index is 0.616. The molecule has 0 amide bonds. The van der Waals surface area contributed by atoms with Gasteiger partial charge in [0.25, 0.3) is 0 Å². The van der Waals surface area contributed by atoms with Gasteiger partial charge >= 0.3 is 0 Å². The predicted octanol–water partition coefficient (Wildman–Crippen LogP) is 1.29. The summed E-state index contributed by atoms with van der Waals surface area (Å²) in [4.78, 5) is 2.24. The van der Waals surface area contributed by atoms with E-state index in [9.17, 15) is 0 Å². The number of hydrogen-bond acceptors (Lipinski definition) is 4. The lowest BCUT2D eigenvalue weighted by molar-refractivity contribution is 0.594. The smallest absolute Gasteiger partial charge is 0.151 e. The number of nitrogens with two attached hydrogens (primary N) is 1. The van der Waals surface area contributed by atoms with Crippen LogP contribution in [0.1, 0.15) is 20.3 Å². The van der Waals surface area contributed by atoms with Crippen molar-refractivity contribution in [2.24, 2.45) is 11.7 Å². The fraction of sp³-hybridized carbons (Fsp3) is 0.636. The highest BCUT2D eigenvalue weighted by molar-refractivity contribution is 5.36. The first-order chi connectivity index (χ1) is 7.24. The van der Waals surface area contributed by atoms with Crippen LogP contribution in [-0.4, -0.2) is 29.8 Å². The van der Waals surface area contributed by atoms with Gasteiger partial charge in [-0.3, -0.25) is 0 Å². The van der Waals surface area contributed by atoms with Crippen molar-refractivity contribution in [3.05, 3.63) is 18.3 Å². The normalized spacial score (nSPS) is 10.7. The molecule has 1 aromatic rings. The highest BCUT2D eigenvalue weighted by Crippen LogP contribution is 2.10. The Kier molecular flexibility index (Phi) is 5.04. The molecule has 0 spiro atoms. The molecule has 0 aliphatic carbocycles. The molecule has 15 heavy (non-hydrogen) atoms. The topological polar surface area (TPSA) is 55.0 Å². The van der Waals surface area contributed by atoms with Crippen molar-refractivity contribution in [3.8, 4) is 0 Å². The zero-order chi connectivity index (χ0) is 11.1. The molecule has 0 saturated heterocycles. The molecule has 0 aliphatic rings. The van der Waals surface area contributed by atoms with E-state index in [2.05, 4.69) is 28.9 Å². The molecule has 1 aromatic heterocycles. The van der Waals surface area contributed by atoms with Gasteiger partial charge in [-0.2, -0.15) is 5.10 Å². The maximum atomic E-state index is 5.52. The number of hydrogen-bond donors (Lipinski definition) is 1. The Hall–Kier alpha value is -1.16. The lowest BCUT2D eigenvalue weighted by Gasteiger charge is -2.24. The van der Waals surface area contributed by atoms with Gasteiger partial charge in [0.05, 0.1) is 0 Å². The van der Waals surface area contributed by atoms with Gasteiger partial charge in [-0.05, 0) is 31.0 Å². The molecular formula is C11H20N4. The zero-order valence-electron chi connectivity index (χ0n) is 9.56. The molecule has 2 N–H and O–H groups in total. The van der Waals surface area contributed by atoms with E-state index in [1.807, 2.05) is 12.1 Å². The standard InChI is InChI=1S/C11H20N4/c1-10(2)9-15(8-4-6-12)11-5-3-7-13-14-11/h3,5,7,10H,4,6,8-9,12H2,1-2H3. The summed E-state index contributed by atoms with van der Waals surface area (Å²) in [5.41, 5.74) is 5.52. The lowest BCUT2D eigenvalue weighted by Crippen LogP contribution is -2.30. The fourth-order valence-corrected chi connectivity index (χ4v) is 1.48. The second-order valence-corrected chi connectivity index (χ2v) is 4.06. The Labute approximate surface area is 91.5 Å². The molecule has 0 bridgehead atoms. The largest absolute Gasteiger partial charge is 0.355 e. The van der Waals surface area contributed by atoms with E-state index >= 15 is 0 Å². The molecule has 0 unspecified atom stereocenters. The van der Waals surface area contributed by atoms with Crippen molar-refractivity contribution in [1.29, 1.82) is 0 Å². The molecular weight excluding hydrogens is 188 g/mol. The molecule has 0 radical (unpaired) electrons. The third kappa shape index (κ3) is 4.25. The molecule has 1 rings (SSSR count). The van der Waals surface area contributed by atoms with Crippen LogP contribution >= 0.6 is 0 Å². The van der Waals surface area contributed by atoms with Gasteiger partial charge in [0.2, 0.25) is 0 Å². The molecule has 4 heteroatoms. The summed E-state index contributed by atoms with van der Waals surface area (Å²) in [6.45, 7) is 7.07. The monoisotopic (exact) mass is 208 g/mol. The highest BCUT2D eigenvalue weighted by atomic mass is 15.3. The molecule has 0 atom stereocenters. The van der Waals surface area contributed by atoms with Crippen LogP contribution in [-0.2, 0) is 0 Å². The fourth-order valence-electron chi connectivity index (χ4n) is 1.48. The van der Waals surface area contributed by atoms with Crippen molar-refractivity contribution in [2.75, 3.05) is 24.5 Å². The molecule has 0 saturated carbocycles. The van der Waals surface area contributed by atoms with E-state index in [4.69, 9.17) is 5.73 Å². The van der Waals surface area contributed by atoms with Crippen LogP contribution in [0.3, 0.4) is 0 Å². The van der Waals surface area contributed by atoms with Crippen molar-refractivity contribution < 1.29 is 0 Å². The van der Waals surface area contributed by atoms with Crippen molar-refractivity contribution in [2.45, 2.75) is 20.3 Å². The minimum Gasteiger partial charge on any atom is -0.355 e. The molecule has 84 valence electrons. The average molecular weight is 208 g/mol. The van der Waals surface area contributed by atoms with Crippen molar-refractivity contribution in [1.82, 2.24) is 10.2 Å². The van der Waals surface area contributed by atoms with Crippen molar-refractivity contribution >= 4 is 5.82 Å². The summed E-state index contributed by atoms with van der Waals surface area (Å²) in [7, 11) is 0. The lowest BCUT2D eigenvalue weighted by atomic mass is 10.2. The first kappa shape index (κ1) is 11.9. The van der Waals surface area contributed by atoms with Crippen LogP contribution in [0.15, 0.2) is 18.3 Å². The highest BCUT2D eigenvalue weighted by Gasteiger charge is 2.08. The second kappa shape index (κ2) is 6.35. The van der Waals surface area contributed by atoms with Gasteiger partial charge in [0.1, 0.15) is 0 Å². The first-order valence-electron chi connectivity index (χ1n) is 5.46. The molecule has 0 aliphatic heterocycles. The Balaban J connectivity index is 2.63. The van der Waals surface area contributed by atoms with Crippen LogP contribution in [0.25, 0.3) is 0 Å². The number of aromatic nitrogens is 2. The van der Waals surface area contributed by atoms with E-state index in [1.165, 1.54) is 0 Å². The third-order valence-electron chi connectivity index (χ3n) is 2.10. The van der Waals surface area contributed by atoms with Gasteiger partial charge in [0.15, 0.2) is 5.82 Å². The number of rotatable bonds is 6. The summed E-state index contributed by atoms with van der Waals surface area (Å²) in [5.74, 6) is 1.56. The van der Waals surface area contributed by atoms with Gasteiger partial charge < -0.3 is 10.6 Å². The van der Waals surface area contributed by atoms with E-state index in [1.54, 1.807) is 6.20 Å². The van der Waals surface area contributed by atoms with Gasteiger partial charge in [-0.15, -0.1) is 5.10 Å². The van der Waals surface area contributed by atoms with Crippen LogP contribution in [0.4, 0.5) is 5.82 Å². The molecule has 4 nitrogen and oxygen atoms in total. The predicted molar refractivity (Wildman–Crippen MR) is 62.8 cm³/mol. The van der Waals surface area contributed by atoms with E-state index in [0.717, 1.165) is 31.9 Å². The minimum atomic E-state index is 0.616. The summed E-state index contributed by atoms with van der Waals surface area (Å²) in [6.07, 6.45) is 2.68. The summed E-state index contributed by atoms with van der Waals surface area (Å²) in [6, 6.07) is 3.91. The summed E-state index contributed by atoms with van der Waals surface area (Å²) < 4.78 is 0. The second-order valence-electron chi connectivity index (χ2n) is 4.06. The van der Waals surface area contributed by atoms with Gasteiger partial charge in [-0.1, -0.05) is 13.8 Å². The van der Waals surface area contributed by atoms with Crippen LogP contribution < -0.4 is 10.6 Å². The third-order valence-corrected chi connectivity index (χ3v) is 2.10. The maximum Gasteiger partial charge on any atom is 0.151 e. The first-order valence-corrected chi connectivity index (χ1v) is 5.46. The van der Waals surface area contributed by atoms with Crippen LogP contribution in [0.2, 0.25) is 0 Å². The molecule has 0 fully saturated rings. The Morgan fingerprint density at radius 3 is 2.80 bits per heavy atom. The molecule has 0 aromatic carbocycles. The Morgan fingerprint density at radius 2 is 2.27 bits per heavy atom. The summed E-state index contributed by atoms with van der Waals surface area (Å²) in [5, 5.41) is 8.02. The Morgan fingerprint density at radius 1 is 1.47 bits per heavy atom. The van der Waals surface area contributed by atoms with E-state index < -0.39 is 0 Å². The van der Waals surface area contributed by atoms with Crippen LogP contribution in [0, 0.1) is 5.92 Å². The van der Waals surface area contributed by atoms with Crippen molar-refractivity contribution in [3.63, 3.8) is 0 Å². The molecule has 1 heterocycles. The Bertz CT molecular complexity index is 261. The quantitative estimate of drug-likeness (QED) is 0.765. The number of nitrogens with zero attached hydrogens (tertiary/aromatic N) is 3. The number of anilines is 1. The van der Waals surface area contributed by atoms with Gasteiger partial charge in [-0.25, -0.2) is 0 Å². The maximum absolute atomic E-state index is 5.52. The van der Waals surface area contributed by atoms with Gasteiger partial charge in [0, 0.05) is 19.3 Å². The zero-order valence-corrected chi connectivity index (χ0v) is 9.56. The van der Waals surface area contributed by atoms with Crippen LogP contribution in [0.5, 0.6) is 0 Å². The van der Waals surface area contributed by atoms with E-state index in [-0.39, 0.29) is 0 Å². The van der Waals surface area contributed by atoms with E-state index in [0.29, 0.717) is 5.92 Å². The average Bonchev–Trinajstić information content (AvgIpc) is 2.25. The SMILES string of the molecule is CC(C)CN(CCCN)c1cccnn1.